The molecule has 3 aromatic rings. The van der Waals surface area contributed by atoms with Crippen molar-refractivity contribution in [3.05, 3.63) is 112 Å². The molecule has 1 aliphatic rings. The summed E-state index contributed by atoms with van der Waals surface area (Å²) in [6, 6.07) is 17.5. The molecule has 0 fully saturated rings. The SMILES string of the molecule is C=CCc1cc(C=NNC(=O)COc2ccccc2[C@H]2NC(=S)NC(C)=C2C(=O)OCC)cc(OC)c1OCc1ccc(Cl)cc1. The van der Waals surface area contributed by atoms with Gasteiger partial charge in [-0.3, -0.25) is 4.79 Å². The molecule has 0 spiro atoms. The van der Waals surface area contributed by atoms with Crippen molar-refractivity contribution in [2.45, 2.75) is 32.9 Å². The zero-order valence-corrected chi connectivity index (χ0v) is 27.3. The maximum Gasteiger partial charge on any atom is 0.338 e. The van der Waals surface area contributed by atoms with Gasteiger partial charge in [-0.15, -0.1) is 6.58 Å². The number of amides is 1. The topological polar surface area (TPSA) is 120 Å². The molecule has 4 rings (SSSR count). The van der Waals surface area contributed by atoms with Crippen molar-refractivity contribution in [3.63, 3.8) is 0 Å². The number of carbonyl (C=O) groups is 2. The van der Waals surface area contributed by atoms with Gasteiger partial charge in [-0.05, 0) is 73.9 Å². The number of methoxy groups -OCH3 is 1. The fraction of sp³-hybridized carbons (Fsp3) is 0.235. The Hall–Kier alpha value is -4.87. The van der Waals surface area contributed by atoms with Crippen LogP contribution in [0.25, 0.3) is 0 Å². The molecular formula is C34H35ClN4O6S. The Morgan fingerprint density at radius 3 is 2.59 bits per heavy atom. The molecule has 0 saturated heterocycles. The van der Waals surface area contributed by atoms with Crippen LogP contribution < -0.4 is 30.3 Å². The predicted molar refractivity (Wildman–Crippen MR) is 181 cm³/mol. The van der Waals surface area contributed by atoms with Crippen LogP contribution >= 0.6 is 23.8 Å². The van der Waals surface area contributed by atoms with Crippen molar-refractivity contribution in [3.8, 4) is 17.2 Å². The summed E-state index contributed by atoms with van der Waals surface area (Å²) >= 11 is 11.3. The second kappa shape index (κ2) is 16.4. The van der Waals surface area contributed by atoms with Crippen LogP contribution in [0.15, 0.2) is 89.7 Å². The highest BCUT2D eigenvalue weighted by molar-refractivity contribution is 7.80. The summed E-state index contributed by atoms with van der Waals surface area (Å²) in [4.78, 5) is 25.5. The normalized spacial score (nSPS) is 14.3. The van der Waals surface area contributed by atoms with Crippen LogP contribution in [0.3, 0.4) is 0 Å². The van der Waals surface area contributed by atoms with Gasteiger partial charge >= 0.3 is 5.97 Å². The average molecular weight is 663 g/mol. The van der Waals surface area contributed by atoms with E-state index < -0.39 is 17.9 Å². The Labute approximate surface area is 278 Å². The molecule has 0 bridgehead atoms. The number of allylic oxidation sites excluding steroid dienone is 2. The number of nitrogens with one attached hydrogen (secondary N) is 3. The van der Waals surface area contributed by atoms with Crippen molar-refractivity contribution in [1.29, 1.82) is 0 Å². The van der Waals surface area contributed by atoms with Crippen molar-refractivity contribution >= 4 is 47.0 Å². The van der Waals surface area contributed by atoms with Gasteiger partial charge < -0.3 is 29.6 Å². The Kier molecular flexibility index (Phi) is 12.2. The number of esters is 1. The van der Waals surface area contributed by atoms with E-state index in [1.54, 1.807) is 69.5 Å². The van der Waals surface area contributed by atoms with Gasteiger partial charge in [-0.25, -0.2) is 10.2 Å². The van der Waals surface area contributed by atoms with E-state index in [1.807, 2.05) is 18.2 Å². The molecule has 0 radical (unpaired) electrons. The van der Waals surface area contributed by atoms with Crippen LogP contribution in [-0.4, -0.2) is 43.5 Å². The summed E-state index contributed by atoms with van der Waals surface area (Å²) in [5, 5.41) is 11.2. The third-order valence-corrected chi connectivity index (χ3v) is 7.26. The molecule has 0 aliphatic carbocycles. The molecule has 10 nitrogen and oxygen atoms in total. The highest BCUT2D eigenvalue weighted by Crippen LogP contribution is 2.35. The van der Waals surface area contributed by atoms with Crippen molar-refractivity contribution in [2.75, 3.05) is 20.3 Å². The Balaban J connectivity index is 1.43. The average Bonchev–Trinajstić information content (AvgIpc) is 3.03. The Morgan fingerprint density at radius 1 is 1.11 bits per heavy atom. The van der Waals surface area contributed by atoms with Crippen LogP contribution in [0.5, 0.6) is 17.2 Å². The first-order valence-corrected chi connectivity index (χ1v) is 15.2. The first-order chi connectivity index (χ1) is 22.2. The third-order valence-electron chi connectivity index (χ3n) is 6.79. The van der Waals surface area contributed by atoms with Crippen LogP contribution in [0.4, 0.5) is 0 Å². The Bertz CT molecular complexity index is 1660. The molecular weight excluding hydrogens is 628 g/mol. The number of para-hydroxylation sites is 1. The molecule has 1 amide bonds. The summed E-state index contributed by atoms with van der Waals surface area (Å²) in [5.74, 6) is 0.525. The van der Waals surface area contributed by atoms with Crippen molar-refractivity contribution in [1.82, 2.24) is 16.1 Å². The number of halogens is 1. The van der Waals surface area contributed by atoms with Crippen molar-refractivity contribution in [2.24, 2.45) is 5.10 Å². The number of rotatable bonds is 14. The minimum atomic E-state index is -0.636. The van der Waals surface area contributed by atoms with Gasteiger partial charge in [0.1, 0.15) is 12.4 Å². The molecule has 1 aliphatic heterocycles. The number of ether oxygens (including phenoxy) is 4. The molecule has 1 heterocycles. The van der Waals surface area contributed by atoms with E-state index >= 15 is 0 Å². The number of nitrogens with zero attached hydrogens (tertiary/aromatic N) is 1. The van der Waals surface area contributed by atoms with Crippen LogP contribution in [0.1, 0.15) is 42.1 Å². The van der Waals surface area contributed by atoms with Gasteiger partial charge in [-0.2, -0.15) is 5.10 Å². The fourth-order valence-electron chi connectivity index (χ4n) is 4.73. The summed E-state index contributed by atoms with van der Waals surface area (Å²) in [5.41, 5.74) is 6.52. The lowest BCUT2D eigenvalue weighted by Crippen LogP contribution is -2.45. The van der Waals surface area contributed by atoms with E-state index in [4.69, 9.17) is 42.8 Å². The van der Waals surface area contributed by atoms with Gasteiger partial charge in [0.15, 0.2) is 23.2 Å². The number of benzene rings is 3. The van der Waals surface area contributed by atoms with Gasteiger partial charge in [0.25, 0.3) is 5.91 Å². The minimum Gasteiger partial charge on any atom is -0.493 e. The molecule has 12 heteroatoms. The molecule has 1 atom stereocenters. The van der Waals surface area contributed by atoms with Gasteiger partial charge in [-0.1, -0.05) is 48.0 Å². The summed E-state index contributed by atoms with van der Waals surface area (Å²) in [7, 11) is 1.56. The number of thiocarbonyl (C=S) groups is 1. The molecule has 0 aromatic heterocycles. The lowest BCUT2D eigenvalue weighted by atomic mass is 9.95. The standard InChI is InChI=1S/C34H35ClN4O6S/c1-5-9-24-16-23(17-28(42-4)32(24)45-19-22-12-14-25(35)15-13-22)18-36-39-29(40)20-44-27-11-8-7-10-26(27)31-30(33(41)43-6-2)21(3)37-34(46)38-31/h5,7-8,10-18,31H,1,6,9,19-20H2,2-4H3,(H,39,40)(H2,37,38,46)/t31-/m1/s1. The van der Waals surface area contributed by atoms with Crippen LogP contribution in [-0.2, 0) is 27.4 Å². The quantitative estimate of drug-likeness (QED) is 0.0672. The molecule has 3 N–H and O–H groups in total. The summed E-state index contributed by atoms with van der Waals surface area (Å²) in [6.07, 6.45) is 3.79. The number of carbonyl (C=O) groups excluding carboxylic acids is 2. The van der Waals surface area contributed by atoms with E-state index in [1.165, 1.54) is 6.21 Å². The predicted octanol–water partition coefficient (Wildman–Crippen LogP) is 5.54. The molecule has 0 unspecified atom stereocenters. The lowest BCUT2D eigenvalue weighted by molar-refractivity contribution is -0.139. The van der Waals surface area contributed by atoms with E-state index in [-0.39, 0.29) is 13.2 Å². The van der Waals surface area contributed by atoms with Gasteiger partial charge in [0.05, 0.1) is 31.5 Å². The minimum absolute atomic E-state index is 0.218. The van der Waals surface area contributed by atoms with Gasteiger partial charge in [0.2, 0.25) is 0 Å². The molecule has 3 aromatic carbocycles. The van der Waals surface area contributed by atoms with Crippen molar-refractivity contribution < 1.29 is 28.5 Å². The third kappa shape index (κ3) is 8.86. The van der Waals surface area contributed by atoms with E-state index in [2.05, 4.69) is 27.7 Å². The largest absolute Gasteiger partial charge is 0.493 e. The van der Waals surface area contributed by atoms with Crippen LogP contribution in [0, 0.1) is 0 Å². The number of hydrazone groups is 1. The fourth-order valence-corrected chi connectivity index (χ4v) is 5.13. The second-order valence-electron chi connectivity index (χ2n) is 10.0. The van der Waals surface area contributed by atoms with E-state index in [0.29, 0.717) is 62.8 Å². The first-order valence-electron chi connectivity index (χ1n) is 14.4. The number of hydrogen-bond donors (Lipinski definition) is 3. The second-order valence-corrected chi connectivity index (χ2v) is 10.9. The molecule has 46 heavy (non-hydrogen) atoms. The number of hydrogen-bond acceptors (Lipinski definition) is 8. The first kappa shape index (κ1) is 34.0. The highest BCUT2D eigenvalue weighted by atomic mass is 35.5. The zero-order chi connectivity index (χ0) is 33.1. The summed E-state index contributed by atoms with van der Waals surface area (Å²) in [6.45, 7) is 7.55. The highest BCUT2D eigenvalue weighted by Gasteiger charge is 2.32. The van der Waals surface area contributed by atoms with E-state index in [0.717, 1.165) is 11.1 Å². The van der Waals surface area contributed by atoms with Crippen LogP contribution in [0.2, 0.25) is 5.02 Å². The maximum absolute atomic E-state index is 12.8. The Morgan fingerprint density at radius 2 is 1.87 bits per heavy atom. The smallest absolute Gasteiger partial charge is 0.338 e. The lowest BCUT2D eigenvalue weighted by Gasteiger charge is -2.30. The zero-order valence-electron chi connectivity index (χ0n) is 25.7. The summed E-state index contributed by atoms with van der Waals surface area (Å²) < 4.78 is 22.9. The van der Waals surface area contributed by atoms with Gasteiger partial charge in [0, 0.05) is 21.8 Å². The monoisotopic (exact) mass is 662 g/mol. The molecule has 0 saturated carbocycles. The molecule has 240 valence electrons. The maximum atomic E-state index is 12.8. The van der Waals surface area contributed by atoms with E-state index in [9.17, 15) is 9.59 Å².